The van der Waals surface area contributed by atoms with Crippen LogP contribution in [0.2, 0.25) is 0 Å². The second kappa shape index (κ2) is 8.36. The summed E-state index contributed by atoms with van der Waals surface area (Å²) < 4.78 is 16.0. The molecule has 1 atom stereocenters. The van der Waals surface area contributed by atoms with Gasteiger partial charge in [0.05, 0.1) is 33.8 Å². The lowest BCUT2D eigenvalue weighted by Gasteiger charge is -2.26. The standard InChI is InChI=1S/C20H23NO4S/c1-23-16-10-13(11-17(24-2)20(16)25-3)12-19(22)21-15-8-9-26-18-7-5-4-6-14(15)18/h4-7,10-11,15H,8-9,12H2,1-3H3,(H,21,22). The fourth-order valence-corrected chi connectivity index (χ4v) is 4.29. The van der Waals surface area contributed by atoms with E-state index in [0.717, 1.165) is 17.7 Å². The largest absolute Gasteiger partial charge is 0.493 e. The number of thioether (sulfide) groups is 1. The zero-order valence-electron chi connectivity index (χ0n) is 15.2. The minimum Gasteiger partial charge on any atom is -0.493 e. The number of carbonyl (C=O) groups is 1. The number of amides is 1. The highest BCUT2D eigenvalue weighted by Gasteiger charge is 2.22. The van der Waals surface area contributed by atoms with E-state index in [1.165, 1.54) is 10.5 Å². The molecule has 138 valence electrons. The fraction of sp³-hybridized carbons (Fsp3) is 0.350. The summed E-state index contributed by atoms with van der Waals surface area (Å²) in [6, 6.07) is 11.9. The van der Waals surface area contributed by atoms with E-state index in [2.05, 4.69) is 17.4 Å². The van der Waals surface area contributed by atoms with Gasteiger partial charge < -0.3 is 19.5 Å². The lowest BCUT2D eigenvalue weighted by atomic mass is 10.0. The molecular weight excluding hydrogens is 350 g/mol. The molecule has 26 heavy (non-hydrogen) atoms. The van der Waals surface area contributed by atoms with Gasteiger partial charge in [-0.05, 0) is 35.7 Å². The van der Waals surface area contributed by atoms with Crippen molar-refractivity contribution in [1.29, 1.82) is 0 Å². The number of fused-ring (bicyclic) bond motifs is 1. The second-order valence-electron chi connectivity index (χ2n) is 6.01. The molecule has 2 aromatic rings. The number of nitrogens with one attached hydrogen (secondary N) is 1. The molecule has 2 aromatic carbocycles. The molecule has 1 aliphatic heterocycles. The third-order valence-electron chi connectivity index (χ3n) is 4.38. The average molecular weight is 373 g/mol. The smallest absolute Gasteiger partial charge is 0.224 e. The first-order valence-electron chi connectivity index (χ1n) is 8.46. The van der Waals surface area contributed by atoms with E-state index < -0.39 is 0 Å². The van der Waals surface area contributed by atoms with Crippen molar-refractivity contribution in [2.75, 3.05) is 27.1 Å². The number of hydrogen-bond acceptors (Lipinski definition) is 5. The molecule has 1 heterocycles. The van der Waals surface area contributed by atoms with Crippen LogP contribution in [-0.4, -0.2) is 33.0 Å². The van der Waals surface area contributed by atoms with Crippen LogP contribution >= 0.6 is 11.8 Å². The van der Waals surface area contributed by atoms with Crippen molar-refractivity contribution >= 4 is 17.7 Å². The van der Waals surface area contributed by atoms with E-state index in [1.54, 1.807) is 21.3 Å². The maximum Gasteiger partial charge on any atom is 0.224 e. The van der Waals surface area contributed by atoms with Crippen LogP contribution in [0.4, 0.5) is 0 Å². The topological polar surface area (TPSA) is 56.8 Å². The van der Waals surface area contributed by atoms with Crippen molar-refractivity contribution in [3.63, 3.8) is 0 Å². The van der Waals surface area contributed by atoms with Crippen molar-refractivity contribution in [2.45, 2.75) is 23.8 Å². The maximum atomic E-state index is 12.6. The Balaban J connectivity index is 1.75. The van der Waals surface area contributed by atoms with Crippen LogP contribution in [0.3, 0.4) is 0 Å². The number of benzene rings is 2. The van der Waals surface area contributed by atoms with E-state index in [1.807, 2.05) is 36.0 Å². The number of methoxy groups -OCH3 is 3. The normalized spacial score (nSPS) is 15.7. The van der Waals surface area contributed by atoms with Gasteiger partial charge in [-0.15, -0.1) is 11.8 Å². The Bertz CT molecular complexity index is 768. The van der Waals surface area contributed by atoms with Crippen LogP contribution < -0.4 is 19.5 Å². The van der Waals surface area contributed by atoms with E-state index in [-0.39, 0.29) is 18.4 Å². The van der Waals surface area contributed by atoms with E-state index in [9.17, 15) is 4.79 Å². The minimum atomic E-state index is -0.0222. The molecule has 0 aromatic heterocycles. The maximum absolute atomic E-state index is 12.6. The van der Waals surface area contributed by atoms with Gasteiger partial charge in [0.1, 0.15) is 0 Å². The van der Waals surface area contributed by atoms with Crippen LogP contribution in [0.5, 0.6) is 17.2 Å². The Morgan fingerprint density at radius 1 is 1.12 bits per heavy atom. The summed E-state index contributed by atoms with van der Waals surface area (Å²) in [5, 5.41) is 3.16. The predicted molar refractivity (Wildman–Crippen MR) is 102 cm³/mol. The molecule has 1 unspecified atom stereocenters. The van der Waals surface area contributed by atoms with Crippen molar-refractivity contribution in [3.8, 4) is 17.2 Å². The minimum absolute atomic E-state index is 0.0222. The average Bonchev–Trinajstić information content (AvgIpc) is 2.67. The molecule has 0 spiro atoms. The molecule has 1 aliphatic rings. The zero-order valence-corrected chi connectivity index (χ0v) is 16.0. The van der Waals surface area contributed by atoms with Gasteiger partial charge in [0.25, 0.3) is 0 Å². The Hall–Kier alpha value is -2.34. The summed E-state index contributed by atoms with van der Waals surface area (Å²) in [5.74, 6) is 2.61. The molecule has 1 amide bonds. The highest BCUT2D eigenvalue weighted by atomic mass is 32.2. The Kier molecular flexibility index (Phi) is 5.93. The SMILES string of the molecule is COc1cc(CC(=O)NC2CCSc3ccccc32)cc(OC)c1OC. The predicted octanol–water partition coefficient (Wildman–Crippen LogP) is 3.61. The van der Waals surface area contributed by atoms with Gasteiger partial charge in [0.2, 0.25) is 11.7 Å². The van der Waals surface area contributed by atoms with Gasteiger partial charge in [0, 0.05) is 10.6 Å². The molecule has 6 heteroatoms. The quantitative estimate of drug-likeness (QED) is 0.838. The summed E-state index contributed by atoms with van der Waals surface area (Å²) in [6.45, 7) is 0. The number of hydrogen-bond donors (Lipinski definition) is 1. The molecule has 0 fully saturated rings. The molecular formula is C20H23NO4S. The summed E-state index contributed by atoms with van der Waals surface area (Å²) in [7, 11) is 4.70. The molecule has 0 bridgehead atoms. The summed E-state index contributed by atoms with van der Waals surface area (Å²) in [5.41, 5.74) is 2.01. The molecule has 1 N–H and O–H groups in total. The monoisotopic (exact) mass is 373 g/mol. The van der Waals surface area contributed by atoms with Crippen molar-refractivity contribution in [2.24, 2.45) is 0 Å². The van der Waals surface area contributed by atoms with Gasteiger partial charge in [-0.1, -0.05) is 18.2 Å². The lowest BCUT2D eigenvalue weighted by Crippen LogP contribution is -2.31. The Morgan fingerprint density at radius 2 is 1.81 bits per heavy atom. The summed E-state index contributed by atoms with van der Waals surface area (Å²) in [6.07, 6.45) is 1.19. The van der Waals surface area contributed by atoms with Crippen LogP contribution in [0.15, 0.2) is 41.3 Å². The molecule has 5 nitrogen and oxygen atoms in total. The van der Waals surface area contributed by atoms with E-state index in [0.29, 0.717) is 17.2 Å². The van der Waals surface area contributed by atoms with Gasteiger partial charge in [-0.2, -0.15) is 0 Å². The van der Waals surface area contributed by atoms with Crippen molar-refractivity contribution in [3.05, 3.63) is 47.5 Å². The van der Waals surface area contributed by atoms with Gasteiger partial charge in [0.15, 0.2) is 11.5 Å². The van der Waals surface area contributed by atoms with E-state index >= 15 is 0 Å². The first-order valence-corrected chi connectivity index (χ1v) is 9.44. The molecule has 0 saturated carbocycles. The summed E-state index contributed by atoms with van der Waals surface area (Å²) >= 11 is 1.84. The number of rotatable bonds is 6. The van der Waals surface area contributed by atoms with Gasteiger partial charge in [-0.25, -0.2) is 0 Å². The summed E-state index contributed by atoms with van der Waals surface area (Å²) in [4.78, 5) is 13.9. The number of ether oxygens (including phenoxy) is 3. The Labute approximate surface area is 158 Å². The van der Waals surface area contributed by atoms with Crippen molar-refractivity contribution in [1.82, 2.24) is 5.32 Å². The third kappa shape index (κ3) is 3.90. The molecule has 3 rings (SSSR count). The van der Waals surface area contributed by atoms with Gasteiger partial charge >= 0.3 is 0 Å². The van der Waals surface area contributed by atoms with Crippen LogP contribution in [0.25, 0.3) is 0 Å². The highest BCUT2D eigenvalue weighted by molar-refractivity contribution is 7.99. The molecule has 0 radical (unpaired) electrons. The van der Waals surface area contributed by atoms with Crippen LogP contribution in [0, 0.1) is 0 Å². The van der Waals surface area contributed by atoms with Gasteiger partial charge in [-0.3, -0.25) is 4.79 Å². The van der Waals surface area contributed by atoms with Crippen LogP contribution in [0.1, 0.15) is 23.6 Å². The zero-order chi connectivity index (χ0) is 18.5. The lowest BCUT2D eigenvalue weighted by molar-refractivity contribution is -0.121. The first kappa shape index (κ1) is 18.5. The van der Waals surface area contributed by atoms with E-state index in [4.69, 9.17) is 14.2 Å². The number of carbonyl (C=O) groups excluding carboxylic acids is 1. The van der Waals surface area contributed by atoms with Crippen LogP contribution in [-0.2, 0) is 11.2 Å². The highest BCUT2D eigenvalue weighted by Crippen LogP contribution is 2.39. The second-order valence-corrected chi connectivity index (χ2v) is 7.14. The molecule has 0 saturated heterocycles. The molecule has 0 aliphatic carbocycles. The van der Waals surface area contributed by atoms with Crippen molar-refractivity contribution < 1.29 is 19.0 Å². The third-order valence-corrected chi connectivity index (χ3v) is 5.51. The fourth-order valence-electron chi connectivity index (χ4n) is 3.16. The Morgan fingerprint density at radius 3 is 2.46 bits per heavy atom. The first-order chi connectivity index (χ1) is 12.7.